The second kappa shape index (κ2) is 3.98. The summed E-state index contributed by atoms with van der Waals surface area (Å²) in [4.78, 5) is 11.6. The molecule has 6 heteroatoms. The van der Waals surface area contributed by atoms with Crippen LogP contribution in [-0.2, 0) is 6.54 Å². The van der Waals surface area contributed by atoms with Crippen LogP contribution >= 0.6 is 15.9 Å². The molecular formula is C9H8BrN3O2. The standard InChI is InChI=1S/C9H8BrN3O2/c1-6-11-12-8(15-6)5-13-4-2-3-7(10)9(13)14/h2-4H,5H2,1H3. The summed E-state index contributed by atoms with van der Waals surface area (Å²) in [7, 11) is 0. The number of aryl methyl sites for hydroxylation is 1. The topological polar surface area (TPSA) is 60.9 Å². The van der Waals surface area contributed by atoms with Gasteiger partial charge in [0.2, 0.25) is 11.8 Å². The van der Waals surface area contributed by atoms with E-state index in [-0.39, 0.29) is 5.56 Å². The molecule has 0 atom stereocenters. The fraction of sp³-hybridized carbons (Fsp3) is 0.222. The second-order valence-corrected chi connectivity index (χ2v) is 3.86. The van der Waals surface area contributed by atoms with E-state index in [1.807, 2.05) is 0 Å². The van der Waals surface area contributed by atoms with Gasteiger partial charge in [0.1, 0.15) is 6.54 Å². The molecule has 0 aromatic carbocycles. The van der Waals surface area contributed by atoms with Gasteiger partial charge in [-0.15, -0.1) is 10.2 Å². The molecule has 0 saturated heterocycles. The highest BCUT2D eigenvalue weighted by Crippen LogP contribution is 2.03. The summed E-state index contributed by atoms with van der Waals surface area (Å²) in [5.41, 5.74) is -0.117. The van der Waals surface area contributed by atoms with Crippen molar-refractivity contribution in [3.05, 3.63) is 44.9 Å². The van der Waals surface area contributed by atoms with E-state index in [4.69, 9.17) is 4.42 Å². The first kappa shape index (κ1) is 10.1. The lowest BCUT2D eigenvalue weighted by molar-refractivity contribution is 0.451. The van der Waals surface area contributed by atoms with Crippen LogP contribution < -0.4 is 5.56 Å². The van der Waals surface area contributed by atoms with Crippen LogP contribution in [0.25, 0.3) is 0 Å². The maximum Gasteiger partial charge on any atom is 0.265 e. The van der Waals surface area contributed by atoms with Crippen LogP contribution in [0.1, 0.15) is 11.8 Å². The number of rotatable bonds is 2. The maximum atomic E-state index is 11.6. The highest BCUT2D eigenvalue weighted by Gasteiger charge is 2.05. The van der Waals surface area contributed by atoms with Gasteiger partial charge in [-0.25, -0.2) is 0 Å². The van der Waals surface area contributed by atoms with Gasteiger partial charge in [-0.2, -0.15) is 0 Å². The number of hydrogen-bond acceptors (Lipinski definition) is 4. The average molecular weight is 270 g/mol. The Balaban J connectivity index is 2.32. The fourth-order valence-electron chi connectivity index (χ4n) is 1.18. The lowest BCUT2D eigenvalue weighted by Crippen LogP contribution is -2.20. The number of nitrogens with zero attached hydrogens (tertiary/aromatic N) is 3. The van der Waals surface area contributed by atoms with E-state index in [9.17, 15) is 4.79 Å². The Morgan fingerprint density at radius 2 is 2.33 bits per heavy atom. The maximum absolute atomic E-state index is 11.6. The average Bonchev–Trinajstić information content (AvgIpc) is 2.59. The van der Waals surface area contributed by atoms with Crippen molar-refractivity contribution in [2.75, 3.05) is 0 Å². The van der Waals surface area contributed by atoms with Crippen LogP contribution in [0.4, 0.5) is 0 Å². The minimum atomic E-state index is -0.117. The summed E-state index contributed by atoms with van der Waals surface area (Å²) in [6.45, 7) is 2.00. The summed E-state index contributed by atoms with van der Waals surface area (Å²) < 4.78 is 7.20. The lowest BCUT2D eigenvalue weighted by atomic mass is 10.4. The molecule has 0 radical (unpaired) electrons. The SMILES string of the molecule is Cc1nnc(Cn2cccc(Br)c2=O)o1. The van der Waals surface area contributed by atoms with Crippen molar-refractivity contribution >= 4 is 15.9 Å². The van der Waals surface area contributed by atoms with E-state index in [1.165, 1.54) is 4.57 Å². The monoisotopic (exact) mass is 269 g/mol. The van der Waals surface area contributed by atoms with Crippen LogP contribution in [0.15, 0.2) is 32.0 Å². The van der Waals surface area contributed by atoms with Crippen molar-refractivity contribution in [3.8, 4) is 0 Å². The molecule has 0 aliphatic heterocycles. The second-order valence-electron chi connectivity index (χ2n) is 3.00. The molecule has 2 rings (SSSR count). The smallest absolute Gasteiger partial charge is 0.265 e. The lowest BCUT2D eigenvalue weighted by Gasteiger charge is -2.01. The molecule has 78 valence electrons. The van der Waals surface area contributed by atoms with E-state index in [1.54, 1.807) is 25.3 Å². The summed E-state index contributed by atoms with van der Waals surface area (Å²) in [6.07, 6.45) is 1.67. The molecular weight excluding hydrogens is 262 g/mol. The van der Waals surface area contributed by atoms with Crippen LogP contribution in [0.5, 0.6) is 0 Å². The molecule has 0 fully saturated rings. The van der Waals surface area contributed by atoms with Crippen molar-refractivity contribution in [1.29, 1.82) is 0 Å². The summed E-state index contributed by atoms with van der Waals surface area (Å²) in [5, 5.41) is 7.51. The minimum absolute atomic E-state index is 0.117. The third kappa shape index (κ3) is 2.15. The highest BCUT2D eigenvalue weighted by atomic mass is 79.9. The van der Waals surface area contributed by atoms with Crippen molar-refractivity contribution < 1.29 is 4.42 Å². The van der Waals surface area contributed by atoms with Gasteiger partial charge in [0.15, 0.2) is 0 Å². The Hall–Kier alpha value is -1.43. The number of pyridine rings is 1. The molecule has 2 aromatic heterocycles. The summed E-state index contributed by atoms with van der Waals surface area (Å²) in [5.74, 6) is 0.917. The molecule has 2 heterocycles. The van der Waals surface area contributed by atoms with E-state index in [0.717, 1.165) is 0 Å². The van der Waals surface area contributed by atoms with Crippen LogP contribution in [0.2, 0.25) is 0 Å². The molecule has 0 N–H and O–H groups in total. The molecule has 0 amide bonds. The molecule has 5 nitrogen and oxygen atoms in total. The Kier molecular flexibility index (Phi) is 2.68. The van der Waals surface area contributed by atoms with Crippen molar-refractivity contribution in [2.24, 2.45) is 0 Å². The Morgan fingerprint density at radius 3 is 3.00 bits per heavy atom. The largest absolute Gasteiger partial charge is 0.424 e. The zero-order valence-corrected chi connectivity index (χ0v) is 9.56. The first-order valence-electron chi connectivity index (χ1n) is 4.31. The Morgan fingerprint density at radius 1 is 1.53 bits per heavy atom. The number of halogens is 1. The fourth-order valence-corrected chi connectivity index (χ4v) is 1.56. The van der Waals surface area contributed by atoms with Gasteiger partial charge in [0, 0.05) is 13.1 Å². The molecule has 2 aromatic rings. The first-order valence-corrected chi connectivity index (χ1v) is 5.10. The van der Waals surface area contributed by atoms with Gasteiger partial charge in [0.05, 0.1) is 4.47 Å². The molecule has 0 saturated carbocycles. The number of aromatic nitrogens is 3. The van der Waals surface area contributed by atoms with Gasteiger partial charge in [-0.05, 0) is 28.1 Å². The highest BCUT2D eigenvalue weighted by molar-refractivity contribution is 9.10. The zero-order chi connectivity index (χ0) is 10.8. The zero-order valence-electron chi connectivity index (χ0n) is 7.98. The predicted octanol–water partition coefficient (Wildman–Crippen LogP) is 1.35. The normalized spacial score (nSPS) is 10.5. The van der Waals surface area contributed by atoms with Gasteiger partial charge in [-0.1, -0.05) is 0 Å². The molecule has 0 aliphatic carbocycles. The van der Waals surface area contributed by atoms with Crippen molar-refractivity contribution in [1.82, 2.24) is 14.8 Å². The van der Waals surface area contributed by atoms with Gasteiger partial charge in [-0.3, -0.25) is 4.79 Å². The molecule has 0 bridgehead atoms. The van der Waals surface area contributed by atoms with Crippen LogP contribution in [-0.4, -0.2) is 14.8 Å². The molecule has 0 spiro atoms. The third-order valence-corrected chi connectivity index (χ3v) is 2.45. The van der Waals surface area contributed by atoms with Gasteiger partial charge in [0.25, 0.3) is 5.56 Å². The minimum Gasteiger partial charge on any atom is -0.424 e. The summed E-state index contributed by atoms with van der Waals surface area (Å²) in [6, 6.07) is 3.46. The molecule has 0 aliphatic rings. The van der Waals surface area contributed by atoms with Crippen LogP contribution in [0.3, 0.4) is 0 Å². The van der Waals surface area contributed by atoms with E-state index in [2.05, 4.69) is 26.1 Å². The Bertz CT molecular complexity index is 532. The quantitative estimate of drug-likeness (QED) is 0.826. The van der Waals surface area contributed by atoms with Crippen LogP contribution in [0, 0.1) is 6.92 Å². The van der Waals surface area contributed by atoms with Gasteiger partial charge >= 0.3 is 0 Å². The number of hydrogen-bond donors (Lipinski definition) is 0. The third-order valence-electron chi connectivity index (χ3n) is 1.85. The predicted molar refractivity (Wildman–Crippen MR) is 56.5 cm³/mol. The summed E-state index contributed by atoms with van der Waals surface area (Å²) >= 11 is 3.16. The molecule has 0 unspecified atom stereocenters. The van der Waals surface area contributed by atoms with E-state index >= 15 is 0 Å². The van der Waals surface area contributed by atoms with Crippen molar-refractivity contribution in [2.45, 2.75) is 13.5 Å². The van der Waals surface area contributed by atoms with E-state index in [0.29, 0.717) is 22.8 Å². The Labute approximate surface area is 93.9 Å². The first-order chi connectivity index (χ1) is 7.16. The van der Waals surface area contributed by atoms with Gasteiger partial charge < -0.3 is 8.98 Å². The molecule has 15 heavy (non-hydrogen) atoms. The van der Waals surface area contributed by atoms with Crippen molar-refractivity contribution in [3.63, 3.8) is 0 Å². The van der Waals surface area contributed by atoms with E-state index < -0.39 is 0 Å².